The molecule has 0 aromatic heterocycles. The predicted molar refractivity (Wildman–Crippen MR) is 76.6 cm³/mol. The molecule has 0 aromatic rings. The van der Waals surface area contributed by atoms with E-state index in [1.165, 1.54) is 0 Å². The van der Waals surface area contributed by atoms with Crippen LogP contribution in [0.25, 0.3) is 0 Å². The van der Waals surface area contributed by atoms with Crippen LogP contribution < -0.4 is 0 Å². The van der Waals surface area contributed by atoms with Crippen LogP contribution in [0.5, 0.6) is 0 Å². The molecule has 0 aromatic carbocycles. The number of thioether (sulfide) groups is 1. The summed E-state index contributed by atoms with van der Waals surface area (Å²) >= 11 is 1.65. The van der Waals surface area contributed by atoms with Gasteiger partial charge in [-0.1, -0.05) is 13.8 Å². The van der Waals surface area contributed by atoms with Gasteiger partial charge in [0.2, 0.25) is 0 Å². The average Bonchev–Trinajstić information content (AvgIpc) is 2.75. The molecule has 0 spiro atoms. The summed E-state index contributed by atoms with van der Waals surface area (Å²) in [7, 11) is 0. The Labute approximate surface area is 115 Å². The molecule has 103 valence electrons. The summed E-state index contributed by atoms with van der Waals surface area (Å²) in [5.74, 6) is 1.89. The molecule has 3 nitrogen and oxygen atoms in total. The molecular formula is C14H24NO2S. The van der Waals surface area contributed by atoms with Gasteiger partial charge in [-0.25, -0.2) is 0 Å². The molecule has 2 atom stereocenters. The third-order valence-corrected chi connectivity index (χ3v) is 3.55. The van der Waals surface area contributed by atoms with Gasteiger partial charge in [-0.3, -0.25) is 4.79 Å². The lowest BCUT2D eigenvalue weighted by Crippen LogP contribution is -2.40. The molecule has 0 saturated heterocycles. The quantitative estimate of drug-likeness (QED) is 0.711. The van der Waals surface area contributed by atoms with Crippen molar-refractivity contribution in [1.82, 2.24) is 4.90 Å². The normalized spacial score (nSPS) is 18.8. The predicted octanol–water partition coefficient (Wildman–Crippen LogP) is 3.77. The fourth-order valence-electron chi connectivity index (χ4n) is 2.11. The summed E-state index contributed by atoms with van der Waals surface area (Å²) in [5.41, 5.74) is -0.415. The third-order valence-electron chi connectivity index (χ3n) is 2.91. The number of carbonyl (C=O) groups is 1. The zero-order valence-corrected chi connectivity index (χ0v) is 12.8. The highest BCUT2D eigenvalue weighted by atomic mass is 32.2. The van der Waals surface area contributed by atoms with E-state index in [9.17, 15) is 4.79 Å². The molecular weight excluding hydrogens is 246 g/mol. The first kappa shape index (κ1) is 15.4. The molecule has 0 aliphatic carbocycles. The van der Waals surface area contributed by atoms with Gasteiger partial charge in [0.05, 0.1) is 5.92 Å². The lowest BCUT2D eigenvalue weighted by atomic mass is 9.93. The van der Waals surface area contributed by atoms with E-state index < -0.39 is 5.60 Å². The minimum absolute atomic E-state index is 0.0752. The first-order valence-corrected chi connectivity index (χ1v) is 7.49. The van der Waals surface area contributed by atoms with Crippen molar-refractivity contribution >= 4 is 17.7 Å². The third kappa shape index (κ3) is 4.23. The van der Waals surface area contributed by atoms with Crippen molar-refractivity contribution < 1.29 is 9.53 Å². The van der Waals surface area contributed by atoms with E-state index in [1.807, 2.05) is 39.3 Å². The lowest BCUT2D eigenvalue weighted by molar-refractivity contribution is -0.162. The van der Waals surface area contributed by atoms with Crippen LogP contribution in [0.4, 0.5) is 0 Å². The SMILES string of the molecule is CCC(C(=O)OC(C)(C)C)C(CC)N1[CH]SC=C1. The molecule has 0 saturated carbocycles. The molecule has 0 fully saturated rings. The standard InChI is InChI=1S/C14H24NO2S/c1-6-11(13(16)17-14(3,4)5)12(7-2)15-8-9-18-10-15/h8-12H,6-7H2,1-5H3. The summed E-state index contributed by atoms with van der Waals surface area (Å²) in [6.45, 7) is 9.90. The van der Waals surface area contributed by atoms with Gasteiger partial charge < -0.3 is 9.64 Å². The maximum atomic E-state index is 12.3. The number of carbonyl (C=O) groups excluding carboxylic acids is 1. The van der Waals surface area contributed by atoms with Gasteiger partial charge in [0, 0.05) is 12.2 Å². The average molecular weight is 270 g/mol. The highest BCUT2D eigenvalue weighted by Gasteiger charge is 2.33. The second kappa shape index (κ2) is 6.50. The maximum Gasteiger partial charge on any atom is 0.311 e. The van der Waals surface area contributed by atoms with E-state index in [4.69, 9.17) is 4.74 Å². The molecule has 4 heteroatoms. The number of nitrogens with zero attached hydrogens (tertiary/aromatic N) is 1. The summed E-state index contributed by atoms with van der Waals surface area (Å²) in [6, 6.07) is 0.191. The summed E-state index contributed by atoms with van der Waals surface area (Å²) in [4.78, 5) is 14.4. The van der Waals surface area contributed by atoms with Crippen LogP contribution >= 0.6 is 11.8 Å². The second-order valence-corrected chi connectivity index (χ2v) is 6.25. The van der Waals surface area contributed by atoms with E-state index in [0.717, 1.165) is 12.8 Å². The maximum absolute atomic E-state index is 12.3. The number of rotatable bonds is 5. The van der Waals surface area contributed by atoms with Crippen LogP contribution in [0, 0.1) is 11.8 Å². The zero-order valence-electron chi connectivity index (χ0n) is 12.0. The van der Waals surface area contributed by atoms with E-state index in [0.29, 0.717) is 0 Å². The van der Waals surface area contributed by atoms with E-state index >= 15 is 0 Å². The fourth-order valence-corrected chi connectivity index (χ4v) is 2.76. The first-order chi connectivity index (χ1) is 8.39. The minimum atomic E-state index is -0.415. The van der Waals surface area contributed by atoms with Gasteiger partial charge >= 0.3 is 5.97 Å². The Morgan fingerprint density at radius 3 is 2.39 bits per heavy atom. The lowest BCUT2D eigenvalue weighted by Gasteiger charge is -2.33. The van der Waals surface area contributed by atoms with Crippen molar-refractivity contribution in [3.63, 3.8) is 0 Å². The van der Waals surface area contributed by atoms with Crippen LogP contribution in [0.2, 0.25) is 0 Å². The molecule has 1 aliphatic heterocycles. The van der Waals surface area contributed by atoms with Crippen molar-refractivity contribution in [2.24, 2.45) is 5.92 Å². The number of esters is 1. The zero-order chi connectivity index (χ0) is 13.8. The van der Waals surface area contributed by atoms with Crippen molar-refractivity contribution in [3.05, 3.63) is 17.5 Å². The smallest absolute Gasteiger partial charge is 0.311 e. The molecule has 0 N–H and O–H groups in total. The van der Waals surface area contributed by atoms with Crippen LogP contribution in [0.1, 0.15) is 47.5 Å². The van der Waals surface area contributed by atoms with Gasteiger partial charge in [-0.2, -0.15) is 0 Å². The Morgan fingerprint density at radius 2 is 2.00 bits per heavy atom. The summed E-state index contributed by atoms with van der Waals surface area (Å²) in [5, 5.41) is 2.03. The van der Waals surface area contributed by atoms with E-state index in [-0.39, 0.29) is 17.9 Å². The Kier molecular flexibility index (Phi) is 5.57. The Balaban J connectivity index is 2.73. The molecule has 1 heterocycles. The minimum Gasteiger partial charge on any atom is -0.460 e. The number of hydrogen-bond acceptors (Lipinski definition) is 4. The van der Waals surface area contributed by atoms with Crippen LogP contribution in [0.15, 0.2) is 11.6 Å². The molecule has 1 rings (SSSR count). The second-order valence-electron chi connectivity index (χ2n) is 5.50. The monoisotopic (exact) mass is 270 g/mol. The van der Waals surface area contributed by atoms with Crippen molar-refractivity contribution in [1.29, 1.82) is 0 Å². The Hall–Kier alpha value is -0.640. The molecule has 0 bridgehead atoms. The van der Waals surface area contributed by atoms with Gasteiger partial charge in [0.25, 0.3) is 0 Å². The molecule has 2 unspecified atom stereocenters. The topological polar surface area (TPSA) is 29.5 Å². The van der Waals surface area contributed by atoms with Crippen LogP contribution in [-0.2, 0) is 9.53 Å². The fraction of sp³-hybridized carbons (Fsp3) is 0.714. The van der Waals surface area contributed by atoms with Gasteiger partial charge in [0.15, 0.2) is 0 Å². The first-order valence-electron chi connectivity index (χ1n) is 6.54. The number of ether oxygens (including phenoxy) is 1. The summed E-state index contributed by atoms with van der Waals surface area (Å²) < 4.78 is 5.52. The Morgan fingerprint density at radius 1 is 1.33 bits per heavy atom. The van der Waals surface area contributed by atoms with E-state index in [2.05, 4.69) is 17.7 Å². The largest absolute Gasteiger partial charge is 0.460 e. The van der Waals surface area contributed by atoms with Crippen molar-refractivity contribution in [2.45, 2.75) is 59.1 Å². The molecule has 1 radical (unpaired) electrons. The Bertz CT molecular complexity index is 309. The van der Waals surface area contributed by atoms with Gasteiger partial charge in [0.1, 0.15) is 11.5 Å². The van der Waals surface area contributed by atoms with Gasteiger partial charge in [-0.15, -0.1) is 11.8 Å². The van der Waals surface area contributed by atoms with Crippen molar-refractivity contribution in [2.75, 3.05) is 0 Å². The summed E-state index contributed by atoms with van der Waals surface area (Å²) in [6.07, 6.45) is 3.77. The van der Waals surface area contributed by atoms with E-state index in [1.54, 1.807) is 11.8 Å². The van der Waals surface area contributed by atoms with Crippen LogP contribution in [0.3, 0.4) is 0 Å². The van der Waals surface area contributed by atoms with Crippen molar-refractivity contribution in [3.8, 4) is 0 Å². The number of hydrogen-bond donors (Lipinski definition) is 0. The highest BCUT2D eigenvalue weighted by molar-refractivity contribution is 8.04. The van der Waals surface area contributed by atoms with Crippen LogP contribution in [-0.4, -0.2) is 22.5 Å². The van der Waals surface area contributed by atoms with Gasteiger partial charge in [-0.05, 0) is 39.0 Å². The molecule has 1 aliphatic rings. The molecule has 0 amide bonds. The molecule has 18 heavy (non-hydrogen) atoms. The highest BCUT2D eigenvalue weighted by Crippen LogP contribution is 2.30.